The van der Waals surface area contributed by atoms with E-state index in [4.69, 9.17) is 4.74 Å². The average Bonchev–Trinajstić information content (AvgIpc) is 3.77. The summed E-state index contributed by atoms with van der Waals surface area (Å²) in [6, 6.07) is 10.3. The lowest BCUT2D eigenvalue weighted by atomic mass is 10.00. The van der Waals surface area contributed by atoms with Crippen LogP contribution in [-0.4, -0.2) is 60.0 Å². The van der Waals surface area contributed by atoms with Gasteiger partial charge in [0.15, 0.2) is 0 Å². The van der Waals surface area contributed by atoms with Crippen LogP contribution in [-0.2, 0) is 27.7 Å². The Balaban J connectivity index is 1.32. The van der Waals surface area contributed by atoms with E-state index in [0.717, 1.165) is 11.6 Å². The molecule has 2 aliphatic rings. The lowest BCUT2D eigenvalue weighted by molar-refractivity contribution is -0.138. The third-order valence-electron chi connectivity index (χ3n) is 7.52. The Morgan fingerprint density at radius 3 is 2.46 bits per heavy atom. The molecule has 1 saturated carbocycles. The zero-order chi connectivity index (χ0) is 29.2. The molecule has 2 heterocycles. The van der Waals surface area contributed by atoms with Crippen molar-refractivity contribution >= 4 is 29.0 Å². The number of morpholine rings is 1. The molecule has 2 amide bonds. The van der Waals surface area contributed by atoms with Crippen LogP contribution in [0.25, 0.3) is 0 Å². The van der Waals surface area contributed by atoms with Gasteiger partial charge in [0.1, 0.15) is 12.1 Å². The summed E-state index contributed by atoms with van der Waals surface area (Å²) in [6.07, 6.45) is -1.92. The molecule has 1 aliphatic heterocycles. The van der Waals surface area contributed by atoms with Crippen LogP contribution >= 0.6 is 0 Å². The van der Waals surface area contributed by atoms with E-state index in [0.29, 0.717) is 56.3 Å². The highest BCUT2D eigenvalue weighted by molar-refractivity contribution is 6.06. The number of benzene rings is 2. The molecule has 0 atom stereocenters. The number of carbonyl (C=O) groups is 2. The van der Waals surface area contributed by atoms with Crippen LogP contribution in [0.2, 0.25) is 0 Å². The molecule has 3 N–H and O–H groups in total. The van der Waals surface area contributed by atoms with Crippen LogP contribution in [0.4, 0.5) is 30.4 Å². The van der Waals surface area contributed by atoms with Crippen molar-refractivity contribution in [3.8, 4) is 0 Å². The Morgan fingerprint density at radius 2 is 1.78 bits per heavy atom. The van der Waals surface area contributed by atoms with Crippen LogP contribution in [0.5, 0.6) is 0 Å². The Hall–Kier alpha value is -4.03. The van der Waals surface area contributed by atoms with E-state index in [-0.39, 0.29) is 29.3 Å². The minimum Gasteiger partial charge on any atom is -0.379 e. The van der Waals surface area contributed by atoms with Gasteiger partial charge in [-0.1, -0.05) is 12.1 Å². The third kappa shape index (κ3) is 6.33. The Kier molecular flexibility index (Phi) is 7.96. The summed E-state index contributed by atoms with van der Waals surface area (Å²) in [5, 5.41) is 8.44. The number of amides is 2. The van der Waals surface area contributed by atoms with Crippen molar-refractivity contribution in [3.05, 3.63) is 76.7 Å². The van der Waals surface area contributed by atoms with Gasteiger partial charge < -0.3 is 20.7 Å². The van der Waals surface area contributed by atoms with Crippen molar-refractivity contribution in [2.75, 3.05) is 49.3 Å². The molecule has 1 saturated heterocycles. The van der Waals surface area contributed by atoms with Crippen molar-refractivity contribution in [1.29, 1.82) is 0 Å². The number of hydrogen-bond acceptors (Lipinski definition) is 7. The van der Waals surface area contributed by atoms with E-state index in [1.165, 1.54) is 24.5 Å². The number of rotatable bonds is 8. The van der Waals surface area contributed by atoms with Gasteiger partial charge in [0.05, 0.1) is 29.9 Å². The Morgan fingerprint density at radius 1 is 1.02 bits per heavy atom. The van der Waals surface area contributed by atoms with E-state index >= 15 is 0 Å². The zero-order valence-electron chi connectivity index (χ0n) is 22.8. The number of nitrogens with one attached hydrogen (secondary N) is 3. The first-order valence-electron chi connectivity index (χ1n) is 13.3. The number of ether oxygens (including phenoxy) is 1. The molecule has 9 nitrogen and oxygen atoms in total. The molecule has 0 unspecified atom stereocenters. The fourth-order valence-corrected chi connectivity index (χ4v) is 4.88. The fraction of sp³-hybridized carbons (Fsp3) is 0.379. The molecule has 12 heteroatoms. The molecule has 41 heavy (non-hydrogen) atoms. The minimum absolute atomic E-state index is 0.0280. The number of anilines is 3. The molecule has 5 rings (SSSR count). The van der Waals surface area contributed by atoms with Gasteiger partial charge in [-0.3, -0.25) is 14.5 Å². The van der Waals surface area contributed by atoms with Crippen molar-refractivity contribution in [2.24, 2.45) is 0 Å². The number of alkyl halides is 3. The number of aromatic nitrogens is 2. The summed E-state index contributed by atoms with van der Waals surface area (Å²) in [7, 11) is 1.73. The fourth-order valence-electron chi connectivity index (χ4n) is 4.88. The molecular weight excluding hydrogens is 537 g/mol. The Labute approximate surface area is 235 Å². The SMILES string of the molecule is CNc1cc(C2(C(=O)Nc3cc(C(=O)Nc4ccc(CN5CCOCC5)c(C(F)(F)F)c4)ccc3C)CC2)ncn1. The van der Waals surface area contributed by atoms with Crippen molar-refractivity contribution in [1.82, 2.24) is 14.9 Å². The topological polar surface area (TPSA) is 108 Å². The van der Waals surface area contributed by atoms with Crippen molar-refractivity contribution < 1.29 is 27.5 Å². The number of aryl methyl sites for hydroxylation is 1. The molecule has 0 spiro atoms. The van der Waals surface area contributed by atoms with E-state index in [9.17, 15) is 22.8 Å². The maximum Gasteiger partial charge on any atom is 0.416 e. The minimum atomic E-state index is -4.58. The first kappa shape index (κ1) is 28.5. The second kappa shape index (κ2) is 11.5. The quantitative estimate of drug-likeness (QED) is 0.365. The number of halogens is 3. The molecule has 1 aliphatic carbocycles. The highest BCUT2D eigenvalue weighted by Gasteiger charge is 2.53. The predicted molar refractivity (Wildman–Crippen MR) is 148 cm³/mol. The number of hydrogen-bond donors (Lipinski definition) is 3. The lowest BCUT2D eigenvalue weighted by Gasteiger charge is -2.27. The highest BCUT2D eigenvalue weighted by Crippen LogP contribution is 2.48. The maximum absolute atomic E-state index is 13.9. The molecule has 2 fully saturated rings. The van der Waals surface area contributed by atoms with Crippen LogP contribution in [0.15, 0.2) is 48.8 Å². The summed E-state index contributed by atoms with van der Waals surface area (Å²) >= 11 is 0. The van der Waals surface area contributed by atoms with Gasteiger partial charge >= 0.3 is 6.18 Å². The van der Waals surface area contributed by atoms with E-state index in [1.807, 2.05) is 4.90 Å². The largest absolute Gasteiger partial charge is 0.416 e. The summed E-state index contributed by atoms with van der Waals surface area (Å²) in [4.78, 5) is 36.7. The first-order valence-corrected chi connectivity index (χ1v) is 13.3. The van der Waals surface area contributed by atoms with Crippen LogP contribution in [0, 0.1) is 6.92 Å². The molecule has 0 bridgehead atoms. The van der Waals surface area contributed by atoms with Gasteiger partial charge in [0.25, 0.3) is 5.91 Å². The molecular formula is C29H31F3N6O3. The van der Waals surface area contributed by atoms with Crippen molar-refractivity contribution in [2.45, 2.75) is 37.9 Å². The molecule has 3 aromatic rings. The van der Waals surface area contributed by atoms with Gasteiger partial charge in [0.2, 0.25) is 5.91 Å². The second-order valence-electron chi connectivity index (χ2n) is 10.3. The van der Waals surface area contributed by atoms with Crippen LogP contribution in [0.1, 0.15) is 45.6 Å². The van der Waals surface area contributed by atoms with E-state index < -0.39 is 23.1 Å². The number of nitrogens with zero attached hydrogens (tertiary/aromatic N) is 3. The average molecular weight is 569 g/mol. The van der Waals surface area contributed by atoms with Crippen molar-refractivity contribution in [3.63, 3.8) is 0 Å². The van der Waals surface area contributed by atoms with E-state index in [2.05, 4.69) is 25.9 Å². The monoisotopic (exact) mass is 568 g/mol. The molecule has 2 aromatic carbocycles. The van der Waals surface area contributed by atoms with Gasteiger partial charge in [-0.05, 0) is 55.2 Å². The van der Waals surface area contributed by atoms with Crippen LogP contribution in [0.3, 0.4) is 0 Å². The maximum atomic E-state index is 13.9. The summed E-state index contributed by atoms with van der Waals surface area (Å²) in [5.74, 6) is -0.235. The van der Waals surface area contributed by atoms with Gasteiger partial charge in [-0.2, -0.15) is 13.2 Å². The van der Waals surface area contributed by atoms with Gasteiger partial charge in [0, 0.05) is 49.7 Å². The lowest BCUT2D eigenvalue weighted by Crippen LogP contribution is -2.36. The Bertz CT molecular complexity index is 1450. The molecule has 1 aromatic heterocycles. The highest BCUT2D eigenvalue weighted by atomic mass is 19.4. The molecule has 0 radical (unpaired) electrons. The smallest absolute Gasteiger partial charge is 0.379 e. The van der Waals surface area contributed by atoms with Gasteiger partial charge in [-0.25, -0.2) is 9.97 Å². The molecule has 216 valence electrons. The third-order valence-corrected chi connectivity index (χ3v) is 7.52. The summed E-state index contributed by atoms with van der Waals surface area (Å²) in [6.45, 7) is 4.00. The first-order chi connectivity index (χ1) is 19.6. The van der Waals surface area contributed by atoms with Crippen LogP contribution < -0.4 is 16.0 Å². The summed E-state index contributed by atoms with van der Waals surface area (Å²) in [5.41, 5.74) is 0.567. The predicted octanol–water partition coefficient (Wildman–Crippen LogP) is 4.60. The summed E-state index contributed by atoms with van der Waals surface area (Å²) < 4.78 is 47.0. The van der Waals surface area contributed by atoms with Gasteiger partial charge in [-0.15, -0.1) is 0 Å². The second-order valence-corrected chi connectivity index (χ2v) is 10.3. The number of carbonyl (C=O) groups excluding carboxylic acids is 2. The zero-order valence-corrected chi connectivity index (χ0v) is 22.8. The normalized spacial score (nSPS) is 16.6. The standard InChI is InChI=1S/C29H31F3N6O3/c1-18-3-4-19(13-23(18)37-27(40)28(7-8-28)24-15-25(33-2)35-17-34-24)26(39)36-21-6-5-20(22(14-21)29(30,31)32)16-38-9-11-41-12-10-38/h3-6,13-15,17H,7-12,16H2,1-2H3,(H,36,39)(H,37,40)(H,33,34,35). The van der Waals surface area contributed by atoms with E-state index in [1.54, 1.807) is 32.2 Å².